The Morgan fingerprint density at radius 2 is 2.44 bits per heavy atom. The molecule has 16 heavy (non-hydrogen) atoms. The van der Waals surface area contributed by atoms with E-state index in [1.807, 2.05) is 0 Å². The summed E-state index contributed by atoms with van der Waals surface area (Å²) in [4.78, 5) is 8.15. The smallest absolute Gasteiger partial charge is 0.114 e. The van der Waals surface area contributed by atoms with Gasteiger partial charge in [0.25, 0.3) is 0 Å². The first-order valence-corrected chi connectivity index (χ1v) is 6.37. The number of hydrogen-bond acceptors (Lipinski definition) is 5. The second-order valence-corrected chi connectivity index (χ2v) is 4.43. The van der Waals surface area contributed by atoms with E-state index >= 15 is 0 Å². The molecular formula is C11H16N4S. The van der Waals surface area contributed by atoms with Gasteiger partial charge in [0.1, 0.15) is 5.03 Å². The first kappa shape index (κ1) is 12.9. The lowest BCUT2D eigenvalue weighted by atomic mass is 10.2. The van der Waals surface area contributed by atoms with Crippen molar-refractivity contribution in [2.75, 3.05) is 12.3 Å². The van der Waals surface area contributed by atoms with Gasteiger partial charge in [0.15, 0.2) is 0 Å². The van der Waals surface area contributed by atoms with Crippen LogP contribution in [-0.2, 0) is 0 Å². The zero-order valence-electron chi connectivity index (χ0n) is 9.39. The van der Waals surface area contributed by atoms with E-state index < -0.39 is 0 Å². The van der Waals surface area contributed by atoms with E-state index in [4.69, 9.17) is 5.26 Å². The van der Waals surface area contributed by atoms with Gasteiger partial charge in [-0.15, -0.1) is 11.8 Å². The summed E-state index contributed by atoms with van der Waals surface area (Å²) in [6, 6.07) is 2.21. The third kappa shape index (κ3) is 5.10. The van der Waals surface area contributed by atoms with E-state index in [-0.39, 0.29) is 6.04 Å². The topological polar surface area (TPSA) is 61.6 Å². The average Bonchev–Trinajstić information content (AvgIpc) is 2.35. The zero-order chi connectivity index (χ0) is 11.6. The highest BCUT2D eigenvalue weighted by atomic mass is 32.2. The fraction of sp³-hybridized carbons (Fsp3) is 0.545. The molecule has 0 aliphatic rings. The standard InChI is InChI=1S/C11H16N4S/c1-2-4-14-10(8-12)3-7-16-11-9-13-5-6-15-11/h5-6,9-10,14H,2-4,7H2,1H3. The first-order chi connectivity index (χ1) is 7.86. The summed E-state index contributed by atoms with van der Waals surface area (Å²) >= 11 is 1.63. The Hall–Kier alpha value is -1.12. The lowest BCUT2D eigenvalue weighted by molar-refractivity contribution is 0.585. The van der Waals surface area contributed by atoms with Crippen LogP contribution in [0.15, 0.2) is 23.6 Å². The lowest BCUT2D eigenvalue weighted by Gasteiger charge is -2.09. The van der Waals surface area contributed by atoms with Gasteiger partial charge in [-0.3, -0.25) is 4.98 Å². The lowest BCUT2D eigenvalue weighted by Crippen LogP contribution is -2.28. The van der Waals surface area contributed by atoms with Crippen LogP contribution >= 0.6 is 11.8 Å². The molecule has 0 fully saturated rings. The summed E-state index contributed by atoms with van der Waals surface area (Å²) in [5.41, 5.74) is 0. The molecule has 0 amide bonds. The molecule has 0 saturated carbocycles. The Balaban J connectivity index is 2.21. The molecule has 86 valence electrons. The Labute approximate surface area is 100 Å². The highest BCUT2D eigenvalue weighted by molar-refractivity contribution is 7.99. The highest BCUT2D eigenvalue weighted by Crippen LogP contribution is 2.14. The zero-order valence-corrected chi connectivity index (χ0v) is 10.2. The van der Waals surface area contributed by atoms with Crippen LogP contribution in [0.25, 0.3) is 0 Å². The minimum absolute atomic E-state index is 0.0517. The number of rotatable bonds is 7. The van der Waals surface area contributed by atoms with Crippen LogP contribution in [0.3, 0.4) is 0 Å². The van der Waals surface area contributed by atoms with Crippen LogP contribution < -0.4 is 5.32 Å². The third-order valence-electron chi connectivity index (χ3n) is 1.99. The van der Waals surface area contributed by atoms with E-state index in [2.05, 4.69) is 28.3 Å². The largest absolute Gasteiger partial charge is 0.302 e. The molecule has 0 bridgehead atoms. The Kier molecular flexibility index (Phi) is 6.54. The van der Waals surface area contributed by atoms with Gasteiger partial charge in [-0.25, -0.2) is 4.98 Å². The number of nitrogens with one attached hydrogen (secondary N) is 1. The van der Waals surface area contributed by atoms with E-state index in [1.54, 1.807) is 30.4 Å². The van der Waals surface area contributed by atoms with Crippen LogP contribution in [0.5, 0.6) is 0 Å². The van der Waals surface area contributed by atoms with Gasteiger partial charge in [-0.2, -0.15) is 5.26 Å². The minimum atomic E-state index is -0.0517. The van der Waals surface area contributed by atoms with Gasteiger partial charge >= 0.3 is 0 Å². The summed E-state index contributed by atoms with van der Waals surface area (Å²) in [6.45, 7) is 2.99. The molecule has 0 aromatic carbocycles. The molecule has 1 atom stereocenters. The summed E-state index contributed by atoms with van der Waals surface area (Å²) in [5.74, 6) is 0.883. The second-order valence-electron chi connectivity index (χ2n) is 3.32. The van der Waals surface area contributed by atoms with Crippen molar-refractivity contribution in [3.8, 4) is 6.07 Å². The minimum Gasteiger partial charge on any atom is -0.302 e. The van der Waals surface area contributed by atoms with Crippen molar-refractivity contribution < 1.29 is 0 Å². The van der Waals surface area contributed by atoms with Crippen LogP contribution in [-0.4, -0.2) is 28.3 Å². The summed E-state index contributed by atoms with van der Waals surface area (Å²) in [5, 5.41) is 13.0. The fourth-order valence-electron chi connectivity index (χ4n) is 1.17. The van der Waals surface area contributed by atoms with Gasteiger partial charge in [-0.1, -0.05) is 6.92 Å². The van der Waals surface area contributed by atoms with Crippen molar-refractivity contribution >= 4 is 11.8 Å². The van der Waals surface area contributed by atoms with Crippen molar-refractivity contribution in [3.05, 3.63) is 18.6 Å². The Morgan fingerprint density at radius 3 is 3.06 bits per heavy atom. The predicted molar refractivity (Wildman–Crippen MR) is 65.1 cm³/mol. The number of nitrogens with zero attached hydrogens (tertiary/aromatic N) is 3. The summed E-state index contributed by atoms with van der Waals surface area (Å²) in [7, 11) is 0. The molecule has 1 heterocycles. The fourth-order valence-corrected chi connectivity index (χ4v) is 2.01. The summed E-state index contributed by atoms with van der Waals surface area (Å²) in [6.07, 6.45) is 6.96. The average molecular weight is 236 g/mol. The molecule has 4 nitrogen and oxygen atoms in total. The van der Waals surface area contributed by atoms with E-state index in [1.165, 1.54) is 0 Å². The molecule has 1 rings (SSSR count). The SMILES string of the molecule is CCCNC(C#N)CCSc1cnccn1. The molecule has 0 spiro atoms. The van der Waals surface area contributed by atoms with Gasteiger partial charge in [0.05, 0.1) is 18.3 Å². The van der Waals surface area contributed by atoms with Crippen molar-refractivity contribution in [3.63, 3.8) is 0 Å². The van der Waals surface area contributed by atoms with E-state index in [9.17, 15) is 0 Å². The maximum Gasteiger partial charge on any atom is 0.114 e. The van der Waals surface area contributed by atoms with Crippen molar-refractivity contribution in [2.24, 2.45) is 0 Å². The molecule has 0 aliphatic heterocycles. The molecule has 0 radical (unpaired) electrons. The maximum atomic E-state index is 8.90. The quantitative estimate of drug-likeness (QED) is 0.732. The molecule has 1 unspecified atom stereocenters. The Bertz CT molecular complexity index is 323. The number of thioether (sulfide) groups is 1. The van der Waals surface area contributed by atoms with Gasteiger partial charge in [0, 0.05) is 18.1 Å². The molecular weight excluding hydrogens is 220 g/mol. The molecule has 1 aromatic heterocycles. The number of hydrogen-bond donors (Lipinski definition) is 1. The van der Waals surface area contributed by atoms with Gasteiger partial charge in [0.2, 0.25) is 0 Å². The normalized spacial score (nSPS) is 12.0. The molecule has 0 saturated heterocycles. The number of aromatic nitrogens is 2. The molecule has 1 N–H and O–H groups in total. The monoisotopic (exact) mass is 236 g/mol. The predicted octanol–water partition coefficient (Wildman–Crippen LogP) is 1.85. The molecule has 0 aliphatic carbocycles. The molecule has 1 aromatic rings. The third-order valence-corrected chi connectivity index (χ3v) is 2.94. The van der Waals surface area contributed by atoms with Gasteiger partial charge < -0.3 is 5.32 Å². The van der Waals surface area contributed by atoms with Crippen LogP contribution in [0, 0.1) is 11.3 Å². The molecule has 5 heteroatoms. The van der Waals surface area contributed by atoms with Crippen molar-refractivity contribution in [1.82, 2.24) is 15.3 Å². The van der Waals surface area contributed by atoms with Crippen LogP contribution in [0.1, 0.15) is 19.8 Å². The summed E-state index contributed by atoms with van der Waals surface area (Å²) < 4.78 is 0. The Morgan fingerprint density at radius 1 is 1.56 bits per heavy atom. The van der Waals surface area contributed by atoms with Crippen LogP contribution in [0.2, 0.25) is 0 Å². The second kappa shape index (κ2) is 8.08. The first-order valence-electron chi connectivity index (χ1n) is 5.38. The van der Waals surface area contributed by atoms with Gasteiger partial charge in [-0.05, 0) is 19.4 Å². The van der Waals surface area contributed by atoms with Crippen molar-refractivity contribution in [2.45, 2.75) is 30.8 Å². The van der Waals surface area contributed by atoms with Crippen molar-refractivity contribution in [1.29, 1.82) is 5.26 Å². The van der Waals surface area contributed by atoms with E-state index in [0.717, 1.165) is 30.2 Å². The maximum absolute atomic E-state index is 8.90. The van der Waals surface area contributed by atoms with Crippen LogP contribution in [0.4, 0.5) is 0 Å². The number of nitriles is 1. The van der Waals surface area contributed by atoms with E-state index in [0.29, 0.717) is 0 Å². The highest BCUT2D eigenvalue weighted by Gasteiger charge is 2.05.